The quantitative estimate of drug-likeness (QED) is 0.856. The van der Waals surface area contributed by atoms with Gasteiger partial charge in [-0.15, -0.1) is 0 Å². The van der Waals surface area contributed by atoms with Crippen LogP contribution in [0.1, 0.15) is 37.3 Å². The third-order valence-corrected chi connectivity index (χ3v) is 3.80. The highest BCUT2D eigenvalue weighted by Gasteiger charge is 2.37. The van der Waals surface area contributed by atoms with Crippen molar-refractivity contribution in [1.82, 2.24) is 20.1 Å². The minimum absolute atomic E-state index is 0.125. The van der Waals surface area contributed by atoms with Crippen molar-refractivity contribution in [2.24, 2.45) is 11.8 Å². The lowest BCUT2D eigenvalue weighted by atomic mass is 9.78. The lowest BCUT2D eigenvalue weighted by Gasteiger charge is -2.30. The average Bonchev–Trinajstić information content (AvgIpc) is 2.83. The Morgan fingerprint density at radius 3 is 2.55 bits per heavy atom. The van der Waals surface area contributed by atoms with E-state index in [-0.39, 0.29) is 5.91 Å². The highest BCUT2D eigenvalue weighted by Crippen LogP contribution is 2.31. The lowest BCUT2D eigenvalue weighted by Crippen LogP contribution is -2.40. The van der Waals surface area contributed by atoms with Crippen LogP contribution >= 0.6 is 0 Å². The van der Waals surface area contributed by atoms with E-state index in [1.165, 1.54) is 4.90 Å². The zero-order chi connectivity index (χ0) is 14.7. The second-order valence-corrected chi connectivity index (χ2v) is 5.37. The van der Waals surface area contributed by atoms with E-state index in [4.69, 9.17) is 0 Å². The number of carbonyl (C=O) groups is 2. The van der Waals surface area contributed by atoms with E-state index in [1.807, 2.05) is 0 Å². The normalized spacial score (nSPS) is 22.5. The van der Waals surface area contributed by atoms with Gasteiger partial charge in [-0.2, -0.15) is 5.10 Å². The van der Waals surface area contributed by atoms with Crippen LogP contribution in [0.3, 0.4) is 0 Å². The van der Waals surface area contributed by atoms with Crippen LogP contribution in [-0.2, 0) is 16.1 Å². The summed E-state index contributed by atoms with van der Waals surface area (Å²) in [6.07, 6.45) is 3.02. The van der Waals surface area contributed by atoms with Crippen molar-refractivity contribution in [3.05, 3.63) is 11.6 Å². The van der Waals surface area contributed by atoms with Crippen LogP contribution in [0, 0.1) is 18.8 Å². The Kier molecular flexibility index (Phi) is 4.36. The van der Waals surface area contributed by atoms with Gasteiger partial charge in [0.25, 0.3) is 0 Å². The number of carboxylic acid groups (broad SMARTS) is 1. The zero-order valence-electron chi connectivity index (χ0n) is 11.8. The van der Waals surface area contributed by atoms with Gasteiger partial charge in [0.2, 0.25) is 5.91 Å². The molecule has 2 unspecified atom stereocenters. The molecule has 1 aromatic heterocycles. The molecule has 0 aromatic carbocycles. The number of carboxylic acids is 1. The van der Waals surface area contributed by atoms with Gasteiger partial charge in [0.15, 0.2) is 5.82 Å². The number of aliphatic carboxylic acids is 1. The maximum Gasteiger partial charge on any atom is 0.307 e. The molecule has 0 saturated heterocycles. The van der Waals surface area contributed by atoms with E-state index in [1.54, 1.807) is 14.0 Å². The summed E-state index contributed by atoms with van der Waals surface area (Å²) in [7, 11) is 1.67. The molecule has 110 valence electrons. The summed E-state index contributed by atoms with van der Waals surface area (Å²) in [4.78, 5) is 29.4. The van der Waals surface area contributed by atoms with Crippen molar-refractivity contribution in [2.75, 3.05) is 7.05 Å². The Morgan fingerprint density at radius 1 is 1.35 bits per heavy atom. The highest BCUT2D eigenvalue weighted by molar-refractivity contribution is 5.84. The maximum atomic E-state index is 12.4. The largest absolute Gasteiger partial charge is 0.481 e. The fourth-order valence-electron chi connectivity index (χ4n) is 2.75. The Bertz CT molecular complexity index is 500. The molecule has 0 aliphatic heterocycles. The van der Waals surface area contributed by atoms with Crippen LogP contribution < -0.4 is 0 Å². The fourth-order valence-corrected chi connectivity index (χ4v) is 2.75. The van der Waals surface area contributed by atoms with Crippen molar-refractivity contribution in [1.29, 1.82) is 0 Å². The van der Waals surface area contributed by atoms with Gasteiger partial charge in [-0.3, -0.25) is 14.7 Å². The van der Waals surface area contributed by atoms with Crippen LogP contribution in [0.4, 0.5) is 0 Å². The van der Waals surface area contributed by atoms with Crippen molar-refractivity contribution in [2.45, 2.75) is 39.2 Å². The first-order chi connectivity index (χ1) is 9.49. The highest BCUT2D eigenvalue weighted by atomic mass is 16.4. The van der Waals surface area contributed by atoms with Gasteiger partial charge in [0.05, 0.1) is 18.4 Å². The fraction of sp³-hybridized carbons (Fsp3) is 0.692. The molecule has 0 bridgehead atoms. The molecule has 1 saturated carbocycles. The molecule has 2 atom stereocenters. The molecular weight excluding hydrogens is 260 g/mol. The summed E-state index contributed by atoms with van der Waals surface area (Å²) in [5.74, 6) is -0.744. The average molecular weight is 280 g/mol. The maximum absolute atomic E-state index is 12.4. The Hall–Kier alpha value is -1.92. The first kappa shape index (κ1) is 14.5. The smallest absolute Gasteiger partial charge is 0.307 e. The predicted molar refractivity (Wildman–Crippen MR) is 70.7 cm³/mol. The van der Waals surface area contributed by atoms with Gasteiger partial charge < -0.3 is 10.0 Å². The number of aromatic amines is 1. The first-order valence-electron chi connectivity index (χ1n) is 6.84. The molecule has 7 nitrogen and oxygen atoms in total. The summed E-state index contributed by atoms with van der Waals surface area (Å²) in [5.41, 5.74) is 0. The molecule has 7 heteroatoms. The zero-order valence-corrected chi connectivity index (χ0v) is 11.8. The van der Waals surface area contributed by atoms with Crippen LogP contribution in [0.25, 0.3) is 0 Å². The number of rotatable bonds is 4. The topological polar surface area (TPSA) is 99.2 Å². The predicted octanol–water partition coefficient (Wildman–Crippen LogP) is 0.963. The Labute approximate surface area is 117 Å². The molecule has 1 amide bonds. The van der Waals surface area contributed by atoms with E-state index < -0.39 is 17.8 Å². The molecule has 1 aliphatic rings. The monoisotopic (exact) mass is 280 g/mol. The van der Waals surface area contributed by atoms with E-state index in [0.717, 1.165) is 12.8 Å². The third-order valence-electron chi connectivity index (χ3n) is 3.80. The summed E-state index contributed by atoms with van der Waals surface area (Å²) in [6, 6.07) is 0. The number of nitrogens with zero attached hydrogens (tertiary/aromatic N) is 3. The number of hydrogen-bond acceptors (Lipinski definition) is 4. The van der Waals surface area contributed by atoms with Gasteiger partial charge in [0.1, 0.15) is 5.82 Å². The number of amides is 1. The molecule has 1 aromatic rings. The third kappa shape index (κ3) is 3.15. The minimum Gasteiger partial charge on any atom is -0.481 e. The van der Waals surface area contributed by atoms with Crippen molar-refractivity contribution in [3.8, 4) is 0 Å². The number of carbonyl (C=O) groups excluding carboxylic acids is 1. The molecule has 1 aliphatic carbocycles. The molecule has 1 fully saturated rings. The molecular formula is C13H20N4O3. The number of hydrogen-bond donors (Lipinski definition) is 2. The molecule has 0 radical (unpaired) electrons. The van der Waals surface area contributed by atoms with Crippen LogP contribution in [-0.4, -0.2) is 44.1 Å². The summed E-state index contributed by atoms with van der Waals surface area (Å²) in [5, 5.41) is 15.9. The Balaban J connectivity index is 2.02. The number of aromatic nitrogens is 3. The van der Waals surface area contributed by atoms with Crippen molar-refractivity contribution < 1.29 is 14.7 Å². The number of aryl methyl sites for hydroxylation is 1. The van der Waals surface area contributed by atoms with Gasteiger partial charge in [-0.1, -0.05) is 12.8 Å². The number of H-pyrrole nitrogens is 1. The van der Waals surface area contributed by atoms with Crippen LogP contribution in [0.15, 0.2) is 0 Å². The summed E-state index contributed by atoms with van der Waals surface area (Å²) in [6.45, 7) is 2.09. The molecule has 20 heavy (non-hydrogen) atoms. The van der Waals surface area contributed by atoms with Crippen LogP contribution in [0.2, 0.25) is 0 Å². The SMILES string of the molecule is Cc1nc(CN(C)C(=O)C2CCCCC2C(=O)O)n[nH]1. The molecule has 0 spiro atoms. The first-order valence-corrected chi connectivity index (χ1v) is 6.84. The summed E-state index contributed by atoms with van der Waals surface area (Å²) < 4.78 is 0. The van der Waals surface area contributed by atoms with Crippen LogP contribution in [0.5, 0.6) is 0 Å². The van der Waals surface area contributed by atoms with Crippen molar-refractivity contribution in [3.63, 3.8) is 0 Å². The van der Waals surface area contributed by atoms with E-state index >= 15 is 0 Å². The Morgan fingerprint density at radius 2 is 2.00 bits per heavy atom. The van der Waals surface area contributed by atoms with Gasteiger partial charge in [-0.25, -0.2) is 4.98 Å². The lowest BCUT2D eigenvalue weighted by molar-refractivity contribution is -0.152. The molecule has 1 heterocycles. The molecule has 2 rings (SSSR count). The van der Waals surface area contributed by atoms with Gasteiger partial charge >= 0.3 is 5.97 Å². The summed E-state index contributed by atoms with van der Waals surface area (Å²) >= 11 is 0. The van der Waals surface area contributed by atoms with E-state index in [0.29, 0.717) is 31.0 Å². The minimum atomic E-state index is -0.870. The standard InChI is InChI=1S/C13H20N4O3/c1-8-14-11(16-15-8)7-17(2)12(18)9-5-3-4-6-10(9)13(19)20/h9-10H,3-7H2,1-2H3,(H,19,20)(H,14,15,16). The molecule has 2 N–H and O–H groups in total. The second kappa shape index (κ2) is 6.02. The van der Waals surface area contributed by atoms with Crippen molar-refractivity contribution >= 4 is 11.9 Å². The second-order valence-electron chi connectivity index (χ2n) is 5.37. The van der Waals surface area contributed by atoms with E-state index in [2.05, 4.69) is 15.2 Å². The van der Waals surface area contributed by atoms with Gasteiger partial charge in [-0.05, 0) is 19.8 Å². The van der Waals surface area contributed by atoms with Gasteiger partial charge in [0, 0.05) is 7.05 Å². The number of nitrogens with one attached hydrogen (secondary N) is 1. The van der Waals surface area contributed by atoms with E-state index in [9.17, 15) is 14.7 Å².